The molecule has 0 amide bonds. The van der Waals surface area contributed by atoms with Gasteiger partial charge < -0.3 is 5.11 Å². The molecule has 4 rings (SSSR count). The molecule has 0 atom stereocenters. The van der Waals surface area contributed by atoms with Gasteiger partial charge in [-0.25, -0.2) is 0 Å². The summed E-state index contributed by atoms with van der Waals surface area (Å²) in [5.74, 6) is 14.0. The molecular weight excluding hydrogens is 364 g/mol. The topological polar surface area (TPSA) is 20.2 Å². The Morgan fingerprint density at radius 3 is 1.83 bits per heavy atom. The van der Waals surface area contributed by atoms with Gasteiger partial charge in [-0.1, -0.05) is 61.6 Å². The average Bonchev–Trinajstić information content (AvgIpc) is 2.74. The molecule has 1 aliphatic carbocycles. The molecule has 1 fully saturated rings. The molecule has 0 saturated heterocycles. The second-order valence-electron chi connectivity index (χ2n) is 7.34. The Kier molecular flexibility index (Phi) is 7.37. The van der Waals surface area contributed by atoms with Gasteiger partial charge in [-0.05, 0) is 85.8 Å². The molecule has 150 valence electrons. The predicted molar refractivity (Wildman–Crippen MR) is 126 cm³/mol. The van der Waals surface area contributed by atoms with Gasteiger partial charge in [0, 0.05) is 22.3 Å². The number of hydrogen-bond acceptors (Lipinski definition) is 1. The number of phenols is 1. The number of hydrogen-bond donors (Lipinski definition) is 1. The largest absolute Gasteiger partial charge is 0.508 e. The first kappa shape index (κ1) is 21.3. The SMILES string of the molecule is CC.Cc1ccc(C#Cc2ccc(C#Cc3ccc(O)cc3)c(C3CCC3)c2)cc1. The van der Waals surface area contributed by atoms with Crippen molar-refractivity contribution in [1.82, 2.24) is 0 Å². The van der Waals surface area contributed by atoms with E-state index in [9.17, 15) is 5.11 Å². The highest BCUT2D eigenvalue weighted by atomic mass is 16.3. The maximum atomic E-state index is 9.41. The fourth-order valence-corrected chi connectivity index (χ4v) is 3.28. The Hall–Kier alpha value is -3.42. The number of aromatic hydroxyl groups is 1. The van der Waals surface area contributed by atoms with Gasteiger partial charge in [-0.3, -0.25) is 0 Å². The maximum absolute atomic E-state index is 9.41. The molecule has 0 radical (unpaired) electrons. The number of phenolic OH excluding ortho intramolecular Hbond substituents is 1. The summed E-state index contributed by atoms with van der Waals surface area (Å²) in [6.45, 7) is 6.08. The highest BCUT2D eigenvalue weighted by Crippen LogP contribution is 2.38. The van der Waals surface area contributed by atoms with Gasteiger partial charge >= 0.3 is 0 Å². The van der Waals surface area contributed by atoms with E-state index in [1.165, 1.54) is 30.4 Å². The summed E-state index contributed by atoms with van der Waals surface area (Å²) >= 11 is 0. The normalized spacial score (nSPS) is 12.2. The average molecular weight is 393 g/mol. The molecule has 3 aromatic carbocycles. The van der Waals surface area contributed by atoms with Crippen LogP contribution in [0, 0.1) is 30.6 Å². The van der Waals surface area contributed by atoms with Crippen molar-refractivity contribution in [3.63, 3.8) is 0 Å². The third kappa shape index (κ3) is 5.56. The third-order valence-electron chi connectivity index (χ3n) is 5.21. The molecule has 0 heterocycles. The van der Waals surface area contributed by atoms with Crippen molar-refractivity contribution >= 4 is 0 Å². The summed E-state index contributed by atoms with van der Waals surface area (Å²) in [6.07, 6.45) is 3.74. The summed E-state index contributed by atoms with van der Waals surface area (Å²) in [5, 5.41) is 9.41. The first-order chi connectivity index (χ1) is 14.7. The molecular formula is C29H28O. The Morgan fingerprint density at radius 1 is 0.700 bits per heavy atom. The van der Waals surface area contributed by atoms with E-state index in [2.05, 4.69) is 73.1 Å². The van der Waals surface area contributed by atoms with E-state index in [0.29, 0.717) is 5.92 Å². The van der Waals surface area contributed by atoms with Gasteiger partial charge in [0.25, 0.3) is 0 Å². The molecule has 1 nitrogen and oxygen atoms in total. The van der Waals surface area contributed by atoms with Crippen LogP contribution < -0.4 is 0 Å². The lowest BCUT2D eigenvalue weighted by Crippen LogP contribution is -2.10. The maximum Gasteiger partial charge on any atom is 0.115 e. The van der Waals surface area contributed by atoms with Crippen LogP contribution in [0.2, 0.25) is 0 Å². The van der Waals surface area contributed by atoms with Crippen molar-refractivity contribution in [3.8, 4) is 29.4 Å². The Balaban J connectivity index is 0.00000124. The number of aryl methyl sites for hydroxylation is 1. The van der Waals surface area contributed by atoms with Crippen LogP contribution in [0.1, 0.15) is 72.4 Å². The van der Waals surface area contributed by atoms with E-state index in [4.69, 9.17) is 0 Å². The van der Waals surface area contributed by atoms with Gasteiger partial charge in [0.15, 0.2) is 0 Å². The highest BCUT2D eigenvalue weighted by Gasteiger charge is 2.21. The van der Waals surface area contributed by atoms with Crippen molar-refractivity contribution < 1.29 is 5.11 Å². The summed E-state index contributed by atoms with van der Waals surface area (Å²) in [7, 11) is 0. The van der Waals surface area contributed by atoms with Crippen molar-refractivity contribution in [1.29, 1.82) is 0 Å². The van der Waals surface area contributed by atoms with E-state index >= 15 is 0 Å². The molecule has 1 aliphatic rings. The lowest BCUT2D eigenvalue weighted by Gasteiger charge is -2.27. The van der Waals surface area contributed by atoms with E-state index in [1.54, 1.807) is 12.1 Å². The van der Waals surface area contributed by atoms with Crippen LogP contribution in [0.3, 0.4) is 0 Å². The molecule has 1 heteroatoms. The minimum absolute atomic E-state index is 0.261. The van der Waals surface area contributed by atoms with E-state index in [-0.39, 0.29) is 5.75 Å². The Morgan fingerprint density at radius 2 is 1.23 bits per heavy atom. The van der Waals surface area contributed by atoms with Crippen LogP contribution in [0.4, 0.5) is 0 Å². The molecule has 0 aliphatic heterocycles. The number of rotatable bonds is 1. The lowest BCUT2D eigenvalue weighted by atomic mass is 9.78. The molecule has 0 spiro atoms. The monoisotopic (exact) mass is 392 g/mol. The zero-order chi connectivity index (χ0) is 21.3. The minimum Gasteiger partial charge on any atom is -0.508 e. The molecule has 1 N–H and O–H groups in total. The summed E-state index contributed by atoms with van der Waals surface area (Å²) in [5.41, 5.74) is 6.62. The summed E-state index contributed by atoms with van der Waals surface area (Å²) in [6, 6.07) is 21.7. The highest BCUT2D eigenvalue weighted by molar-refractivity contribution is 5.53. The number of benzene rings is 3. The summed E-state index contributed by atoms with van der Waals surface area (Å²) in [4.78, 5) is 0. The van der Waals surface area contributed by atoms with Crippen LogP contribution in [0.15, 0.2) is 66.7 Å². The molecule has 1 saturated carbocycles. The van der Waals surface area contributed by atoms with E-state index < -0.39 is 0 Å². The van der Waals surface area contributed by atoms with E-state index in [0.717, 1.165) is 22.3 Å². The third-order valence-corrected chi connectivity index (χ3v) is 5.21. The first-order valence-corrected chi connectivity index (χ1v) is 10.7. The van der Waals surface area contributed by atoms with Crippen LogP contribution in [-0.4, -0.2) is 5.11 Å². The fourth-order valence-electron chi connectivity index (χ4n) is 3.28. The minimum atomic E-state index is 0.261. The molecule has 0 bridgehead atoms. The van der Waals surface area contributed by atoms with Crippen molar-refractivity contribution in [2.24, 2.45) is 0 Å². The van der Waals surface area contributed by atoms with Gasteiger partial charge in [-0.15, -0.1) is 0 Å². The van der Waals surface area contributed by atoms with Crippen LogP contribution in [0.5, 0.6) is 5.75 Å². The fraction of sp³-hybridized carbons (Fsp3) is 0.241. The predicted octanol–water partition coefficient (Wildman–Crippen LogP) is 6.79. The van der Waals surface area contributed by atoms with Crippen LogP contribution in [0.25, 0.3) is 0 Å². The second kappa shape index (κ2) is 10.4. The van der Waals surface area contributed by atoms with Gasteiger partial charge in [0.2, 0.25) is 0 Å². The molecule has 30 heavy (non-hydrogen) atoms. The van der Waals surface area contributed by atoms with Gasteiger partial charge in [-0.2, -0.15) is 0 Å². The second-order valence-corrected chi connectivity index (χ2v) is 7.34. The van der Waals surface area contributed by atoms with Crippen LogP contribution in [-0.2, 0) is 0 Å². The Labute approximate surface area is 180 Å². The van der Waals surface area contributed by atoms with Gasteiger partial charge in [0.1, 0.15) is 5.75 Å². The Bertz CT molecular complexity index is 1090. The summed E-state index contributed by atoms with van der Waals surface area (Å²) < 4.78 is 0. The zero-order valence-corrected chi connectivity index (χ0v) is 18.0. The smallest absolute Gasteiger partial charge is 0.115 e. The van der Waals surface area contributed by atoms with Crippen molar-refractivity contribution in [2.45, 2.75) is 46.0 Å². The van der Waals surface area contributed by atoms with Crippen molar-refractivity contribution in [3.05, 3.63) is 100 Å². The molecule has 0 aromatic heterocycles. The lowest BCUT2D eigenvalue weighted by molar-refractivity contribution is 0.419. The van der Waals surface area contributed by atoms with Crippen LogP contribution >= 0.6 is 0 Å². The first-order valence-electron chi connectivity index (χ1n) is 10.7. The van der Waals surface area contributed by atoms with Gasteiger partial charge in [0.05, 0.1) is 0 Å². The van der Waals surface area contributed by atoms with Crippen molar-refractivity contribution in [2.75, 3.05) is 0 Å². The zero-order valence-electron chi connectivity index (χ0n) is 18.0. The standard InChI is InChI=1S/C27H22O.C2H6/c1-20-5-7-21(8-6-20)9-10-23-12-16-25(27(19-23)24-3-2-4-24)15-11-22-13-17-26(28)18-14-22;1-2/h5-8,12-14,16-19,24,28H,2-4H2,1H3;1-2H3. The molecule has 0 unspecified atom stereocenters. The van der Waals surface area contributed by atoms with E-state index in [1.807, 2.05) is 26.0 Å². The molecule has 3 aromatic rings. The quantitative estimate of drug-likeness (QED) is 0.452.